The molecule has 20 heavy (non-hydrogen) atoms. The number of rotatable bonds is 10. The van der Waals surface area contributed by atoms with Crippen molar-refractivity contribution in [2.24, 2.45) is 16.5 Å². The highest BCUT2D eigenvalue weighted by Gasteiger charge is 2.19. The standard InChI is InChI=1S/C11H20N4O5/c12-11(13)14-6-2-3-7(10(19)20)15-8(16)4-1-5-9(17)18/h7H,1-6H2,(H,15,16)(H,17,18)(H,19,20)(H4,12,13,14)/t7-/m0/s1. The van der Waals surface area contributed by atoms with Gasteiger partial charge in [0.15, 0.2) is 5.96 Å². The third kappa shape index (κ3) is 9.68. The monoisotopic (exact) mass is 288 g/mol. The number of nitrogens with two attached hydrogens (primary N) is 2. The quantitative estimate of drug-likeness (QED) is 0.192. The fourth-order valence-electron chi connectivity index (χ4n) is 1.43. The van der Waals surface area contributed by atoms with Gasteiger partial charge in [-0.1, -0.05) is 0 Å². The summed E-state index contributed by atoms with van der Waals surface area (Å²) in [5, 5.41) is 19.7. The third-order valence-electron chi connectivity index (χ3n) is 2.37. The molecule has 0 unspecified atom stereocenters. The van der Waals surface area contributed by atoms with Crippen molar-refractivity contribution in [2.45, 2.75) is 38.1 Å². The first-order valence-electron chi connectivity index (χ1n) is 6.12. The predicted octanol–water partition coefficient (Wildman–Crippen LogP) is -1.14. The van der Waals surface area contributed by atoms with E-state index in [9.17, 15) is 14.4 Å². The topological polar surface area (TPSA) is 168 Å². The smallest absolute Gasteiger partial charge is 0.326 e. The summed E-state index contributed by atoms with van der Waals surface area (Å²) in [6.07, 6.45) is 0.613. The van der Waals surface area contributed by atoms with E-state index in [2.05, 4.69) is 10.3 Å². The van der Waals surface area contributed by atoms with Crippen molar-refractivity contribution in [3.8, 4) is 0 Å². The van der Waals surface area contributed by atoms with Crippen LogP contribution in [0.2, 0.25) is 0 Å². The van der Waals surface area contributed by atoms with Gasteiger partial charge in [0.1, 0.15) is 6.04 Å². The molecule has 0 saturated heterocycles. The van der Waals surface area contributed by atoms with Crippen molar-refractivity contribution in [3.63, 3.8) is 0 Å². The lowest BCUT2D eigenvalue weighted by Crippen LogP contribution is -2.40. The highest BCUT2D eigenvalue weighted by Crippen LogP contribution is 2.01. The van der Waals surface area contributed by atoms with E-state index in [1.54, 1.807) is 0 Å². The van der Waals surface area contributed by atoms with Gasteiger partial charge < -0.3 is 27.0 Å². The largest absolute Gasteiger partial charge is 0.481 e. The molecule has 114 valence electrons. The summed E-state index contributed by atoms with van der Waals surface area (Å²) in [5.74, 6) is -2.71. The van der Waals surface area contributed by atoms with Gasteiger partial charge in [0.05, 0.1) is 0 Å². The first-order valence-corrected chi connectivity index (χ1v) is 6.12. The number of carboxylic acid groups (broad SMARTS) is 2. The molecular weight excluding hydrogens is 268 g/mol. The maximum atomic E-state index is 11.4. The number of hydrogen-bond acceptors (Lipinski definition) is 4. The number of amides is 1. The van der Waals surface area contributed by atoms with Crippen LogP contribution in [0.5, 0.6) is 0 Å². The zero-order valence-corrected chi connectivity index (χ0v) is 11.0. The summed E-state index contributed by atoms with van der Waals surface area (Å²) in [4.78, 5) is 36.4. The van der Waals surface area contributed by atoms with Gasteiger partial charge >= 0.3 is 11.9 Å². The summed E-state index contributed by atoms with van der Waals surface area (Å²) in [7, 11) is 0. The zero-order chi connectivity index (χ0) is 15.5. The summed E-state index contributed by atoms with van der Waals surface area (Å²) in [6, 6.07) is -1.03. The van der Waals surface area contributed by atoms with E-state index in [1.807, 2.05) is 0 Å². The highest BCUT2D eigenvalue weighted by atomic mass is 16.4. The van der Waals surface area contributed by atoms with Crippen LogP contribution in [0.1, 0.15) is 32.1 Å². The lowest BCUT2D eigenvalue weighted by molar-refractivity contribution is -0.142. The summed E-state index contributed by atoms with van der Waals surface area (Å²) < 4.78 is 0. The van der Waals surface area contributed by atoms with Gasteiger partial charge in [0.2, 0.25) is 5.91 Å². The van der Waals surface area contributed by atoms with Gasteiger partial charge in [-0.3, -0.25) is 14.6 Å². The van der Waals surface area contributed by atoms with Crippen LogP contribution in [-0.2, 0) is 14.4 Å². The van der Waals surface area contributed by atoms with Gasteiger partial charge in [0, 0.05) is 19.4 Å². The number of carbonyl (C=O) groups excluding carboxylic acids is 1. The van der Waals surface area contributed by atoms with Gasteiger partial charge in [-0.2, -0.15) is 0 Å². The first kappa shape index (κ1) is 17.7. The molecule has 0 aliphatic heterocycles. The Kier molecular flexibility index (Phi) is 8.48. The minimum atomic E-state index is -1.15. The van der Waals surface area contributed by atoms with E-state index in [0.29, 0.717) is 6.42 Å². The molecule has 0 fully saturated rings. The van der Waals surface area contributed by atoms with Crippen molar-refractivity contribution < 1.29 is 24.6 Å². The molecule has 0 bridgehead atoms. The Bertz CT molecular complexity index is 379. The van der Waals surface area contributed by atoms with Gasteiger partial charge in [0.25, 0.3) is 0 Å². The maximum Gasteiger partial charge on any atom is 0.326 e. The molecule has 0 aliphatic rings. The number of nitrogens with zero attached hydrogens (tertiary/aromatic N) is 1. The number of aliphatic imine (C=N–C) groups is 1. The Morgan fingerprint density at radius 2 is 1.75 bits per heavy atom. The molecule has 1 atom stereocenters. The second kappa shape index (κ2) is 9.59. The molecule has 9 nitrogen and oxygen atoms in total. The molecule has 0 radical (unpaired) electrons. The van der Waals surface area contributed by atoms with Crippen molar-refractivity contribution in [1.29, 1.82) is 0 Å². The molecule has 0 aromatic rings. The van der Waals surface area contributed by atoms with E-state index in [-0.39, 0.29) is 38.2 Å². The second-order valence-electron chi connectivity index (χ2n) is 4.15. The van der Waals surface area contributed by atoms with E-state index in [1.165, 1.54) is 0 Å². The molecular formula is C11H20N4O5. The molecule has 1 amide bonds. The predicted molar refractivity (Wildman–Crippen MR) is 71.0 cm³/mol. The fourth-order valence-corrected chi connectivity index (χ4v) is 1.43. The number of carbonyl (C=O) groups is 3. The number of carboxylic acids is 2. The molecule has 0 aromatic carbocycles. The summed E-state index contributed by atoms with van der Waals surface area (Å²) in [6.45, 7) is 0.279. The van der Waals surface area contributed by atoms with Crippen LogP contribution in [0.15, 0.2) is 4.99 Å². The van der Waals surface area contributed by atoms with Crippen molar-refractivity contribution in [2.75, 3.05) is 6.54 Å². The Hall–Kier alpha value is -2.32. The molecule has 0 aromatic heterocycles. The lowest BCUT2D eigenvalue weighted by atomic mass is 10.1. The van der Waals surface area contributed by atoms with Gasteiger partial charge in [-0.25, -0.2) is 4.79 Å². The Morgan fingerprint density at radius 3 is 2.25 bits per heavy atom. The summed E-state index contributed by atoms with van der Waals surface area (Å²) in [5.41, 5.74) is 10.2. The molecule has 9 heteroatoms. The second-order valence-corrected chi connectivity index (χ2v) is 4.15. The number of nitrogens with one attached hydrogen (secondary N) is 1. The molecule has 0 rings (SSSR count). The van der Waals surface area contributed by atoms with Crippen LogP contribution in [0, 0.1) is 0 Å². The van der Waals surface area contributed by atoms with Crippen molar-refractivity contribution in [1.82, 2.24) is 5.32 Å². The van der Waals surface area contributed by atoms with Crippen molar-refractivity contribution in [3.05, 3.63) is 0 Å². The minimum absolute atomic E-state index is 0.0238. The van der Waals surface area contributed by atoms with E-state index < -0.39 is 23.9 Å². The van der Waals surface area contributed by atoms with Crippen LogP contribution in [0.3, 0.4) is 0 Å². The number of guanidine groups is 1. The third-order valence-corrected chi connectivity index (χ3v) is 2.37. The Balaban J connectivity index is 4.07. The molecule has 0 heterocycles. The highest BCUT2D eigenvalue weighted by molar-refractivity contribution is 5.83. The van der Waals surface area contributed by atoms with Gasteiger partial charge in [-0.05, 0) is 19.3 Å². The van der Waals surface area contributed by atoms with Crippen LogP contribution < -0.4 is 16.8 Å². The molecule has 7 N–H and O–H groups in total. The van der Waals surface area contributed by atoms with Crippen molar-refractivity contribution >= 4 is 23.8 Å². The number of aliphatic carboxylic acids is 2. The molecule has 0 spiro atoms. The summed E-state index contributed by atoms with van der Waals surface area (Å²) >= 11 is 0. The van der Waals surface area contributed by atoms with Crippen LogP contribution in [0.4, 0.5) is 0 Å². The minimum Gasteiger partial charge on any atom is -0.481 e. The number of hydrogen-bond donors (Lipinski definition) is 5. The molecule has 0 saturated carbocycles. The van der Waals surface area contributed by atoms with E-state index >= 15 is 0 Å². The SMILES string of the molecule is NC(N)=NCCC[C@H](NC(=O)CCCC(=O)O)C(=O)O. The fraction of sp³-hybridized carbons (Fsp3) is 0.636. The zero-order valence-electron chi connectivity index (χ0n) is 11.0. The van der Waals surface area contributed by atoms with Crippen LogP contribution in [-0.4, -0.2) is 46.6 Å². The Labute approximate surface area is 116 Å². The van der Waals surface area contributed by atoms with Crippen LogP contribution in [0.25, 0.3) is 0 Å². The first-order chi connectivity index (χ1) is 9.32. The van der Waals surface area contributed by atoms with Gasteiger partial charge in [-0.15, -0.1) is 0 Å². The van der Waals surface area contributed by atoms with Crippen LogP contribution >= 0.6 is 0 Å². The average molecular weight is 288 g/mol. The maximum absolute atomic E-state index is 11.4. The molecule has 0 aliphatic carbocycles. The lowest BCUT2D eigenvalue weighted by Gasteiger charge is -2.13. The van der Waals surface area contributed by atoms with E-state index in [0.717, 1.165) is 0 Å². The normalized spacial score (nSPS) is 11.4. The average Bonchev–Trinajstić information content (AvgIpc) is 2.31. The Morgan fingerprint density at radius 1 is 1.10 bits per heavy atom. The van der Waals surface area contributed by atoms with E-state index in [4.69, 9.17) is 21.7 Å².